The molecule has 0 aliphatic rings. The molecule has 0 bridgehead atoms. The first-order chi connectivity index (χ1) is 7.86. The van der Waals surface area contributed by atoms with Gasteiger partial charge in [0.15, 0.2) is 0 Å². The molecule has 0 fully saturated rings. The zero-order valence-corrected chi connectivity index (χ0v) is 10.00. The molecular formula is C7H8F3NaO6S2. The van der Waals surface area contributed by atoms with E-state index < -0.39 is 30.0 Å². The first kappa shape index (κ1) is 21.1. The van der Waals surface area contributed by atoms with E-state index in [4.69, 9.17) is 9.11 Å². The molecule has 0 saturated heterocycles. The minimum absolute atomic E-state index is 0. The zero-order valence-electron chi connectivity index (χ0n) is 8.36. The molecule has 0 aliphatic carbocycles. The van der Waals surface area contributed by atoms with Crippen molar-refractivity contribution in [3.8, 4) is 0 Å². The van der Waals surface area contributed by atoms with Crippen LogP contribution in [0.25, 0.3) is 0 Å². The van der Waals surface area contributed by atoms with Crippen molar-refractivity contribution in [2.45, 2.75) is 6.18 Å². The Hall–Kier alpha value is -0.170. The van der Waals surface area contributed by atoms with Gasteiger partial charge in [0.1, 0.15) is 0 Å². The summed E-state index contributed by atoms with van der Waals surface area (Å²) in [6, 6.07) is 6.36. The molecule has 0 aromatic heterocycles. The standard InChI is InChI=1S/C7H5F3.Na.H2O6S2.H/c8-7(9,10)6-4-2-1-3-5-6;;1-7(2,3)8(4,5)6;/h1-5H;;(H,1,2,3)(H,4,5,6);. The average Bonchev–Trinajstić information content (AvgIpc) is 2.15. The van der Waals surface area contributed by atoms with Crippen molar-refractivity contribution in [2.24, 2.45) is 0 Å². The molecule has 106 valence electrons. The van der Waals surface area contributed by atoms with E-state index in [2.05, 4.69) is 0 Å². The molecule has 2 N–H and O–H groups in total. The Morgan fingerprint density at radius 1 is 0.842 bits per heavy atom. The Bertz CT molecular complexity index is 551. The van der Waals surface area contributed by atoms with Gasteiger partial charge in [-0.15, -0.1) is 0 Å². The van der Waals surface area contributed by atoms with Gasteiger partial charge in [-0.1, -0.05) is 30.3 Å². The van der Waals surface area contributed by atoms with Crippen LogP contribution < -0.4 is 0 Å². The minimum atomic E-state index is -5.31. The second-order valence-corrected chi connectivity index (χ2v) is 6.96. The molecule has 12 heteroatoms. The van der Waals surface area contributed by atoms with Crippen molar-refractivity contribution in [1.82, 2.24) is 0 Å². The first-order valence-corrected chi connectivity index (χ1v) is 7.32. The maximum absolute atomic E-state index is 11.8. The van der Waals surface area contributed by atoms with Gasteiger partial charge in [0.2, 0.25) is 0 Å². The first-order valence-electron chi connectivity index (χ1n) is 3.93. The van der Waals surface area contributed by atoms with Crippen LogP contribution in [0.1, 0.15) is 5.56 Å². The average molecular weight is 332 g/mol. The fourth-order valence-corrected chi connectivity index (χ4v) is 0.627. The van der Waals surface area contributed by atoms with Crippen molar-refractivity contribution in [3.05, 3.63) is 35.9 Å². The van der Waals surface area contributed by atoms with Gasteiger partial charge in [-0.25, -0.2) is 0 Å². The molecule has 0 amide bonds. The fourth-order valence-electron chi connectivity index (χ4n) is 0.627. The molecule has 0 aliphatic heterocycles. The van der Waals surface area contributed by atoms with Crippen LogP contribution in [0, 0.1) is 0 Å². The van der Waals surface area contributed by atoms with Gasteiger partial charge in [-0.3, -0.25) is 9.11 Å². The summed E-state index contributed by atoms with van der Waals surface area (Å²) in [5, 5.41) is 0. The summed E-state index contributed by atoms with van der Waals surface area (Å²) in [4.78, 5) is 0. The Kier molecular flexibility index (Phi) is 8.42. The van der Waals surface area contributed by atoms with Crippen LogP contribution in [-0.2, 0) is 24.5 Å². The summed E-state index contributed by atoms with van der Waals surface area (Å²) in [6.07, 6.45) is -4.21. The fraction of sp³-hybridized carbons (Fsp3) is 0.143. The van der Waals surface area contributed by atoms with Gasteiger partial charge >= 0.3 is 54.0 Å². The third-order valence-corrected chi connectivity index (χ3v) is 3.50. The normalized spacial score (nSPS) is 11.8. The molecule has 19 heavy (non-hydrogen) atoms. The van der Waals surface area contributed by atoms with E-state index in [9.17, 15) is 30.0 Å². The third kappa shape index (κ3) is 8.57. The number of halogens is 3. The molecule has 6 nitrogen and oxygen atoms in total. The molecule has 0 radical (unpaired) electrons. The van der Waals surface area contributed by atoms with Crippen LogP contribution in [0.5, 0.6) is 0 Å². The number of benzene rings is 1. The van der Waals surface area contributed by atoms with Gasteiger partial charge in [0, 0.05) is 0 Å². The van der Waals surface area contributed by atoms with Crippen LogP contribution >= 0.6 is 0 Å². The quantitative estimate of drug-likeness (QED) is 0.446. The van der Waals surface area contributed by atoms with E-state index in [1.807, 2.05) is 0 Å². The number of alkyl halides is 3. The van der Waals surface area contributed by atoms with Crippen LogP contribution in [-0.4, -0.2) is 55.5 Å². The number of hydrogen-bond acceptors (Lipinski definition) is 4. The van der Waals surface area contributed by atoms with Crippen LogP contribution in [0.15, 0.2) is 30.3 Å². The van der Waals surface area contributed by atoms with Crippen LogP contribution in [0.2, 0.25) is 0 Å². The number of hydrogen-bond donors (Lipinski definition) is 2. The van der Waals surface area contributed by atoms with Crippen molar-refractivity contribution in [3.63, 3.8) is 0 Å². The van der Waals surface area contributed by atoms with Crippen molar-refractivity contribution >= 4 is 47.9 Å². The Balaban J connectivity index is 0. The molecule has 1 aromatic rings. The van der Waals surface area contributed by atoms with E-state index in [0.717, 1.165) is 12.1 Å². The van der Waals surface area contributed by atoms with E-state index in [-0.39, 0.29) is 29.6 Å². The summed E-state index contributed by atoms with van der Waals surface area (Å²) in [5.41, 5.74) is -0.602. The third-order valence-electron chi connectivity index (χ3n) is 1.37. The van der Waals surface area contributed by atoms with E-state index in [0.29, 0.717) is 0 Å². The number of rotatable bonds is 1. The maximum atomic E-state index is 11.8. The summed E-state index contributed by atoms with van der Waals surface area (Å²) in [6.45, 7) is 0. The van der Waals surface area contributed by atoms with Gasteiger partial charge in [0.05, 0.1) is 5.56 Å². The SMILES string of the molecule is FC(F)(F)c1ccccc1.O=S(=O)(O)S(=O)(=O)O.[NaH]. The summed E-state index contributed by atoms with van der Waals surface area (Å²) >= 11 is 0. The Morgan fingerprint density at radius 3 is 1.32 bits per heavy atom. The summed E-state index contributed by atoms with van der Waals surface area (Å²) in [5.74, 6) is 0. The Labute approximate surface area is 128 Å². The predicted molar refractivity (Wildman–Crippen MR) is 61.7 cm³/mol. The van der Waals surface area contributed by atoms with E-state index in [1.54, 1.807) is 6.07 Å². The molecule has 1 aromatic carbocycles. The van der Waals surface area contributed by atoms with E-state index >= 15 is 0 Å². The topological polar surface area (TPSA) is 109 Å². The molecule has 1 rings (SSSR count). The second kappa shape index (κ2) is 7.57. The van der Waals surface area contributed by atoms with Gasteiger partial charge in [-0.2, -0.15) is 30.0 Å². The van der Waals surface area contributed by atoms with Gasteiger partial charge in [-0.05, 0) is 0 Å². The summed E-state index contributed by atoms with van der Waals surface area (Å²) in [7, 11) is -10.6. The molecular weight excluding hydrogens is 324 g/mol. The van der Waals surface area contributed by atoms with Crippen molar-refractivity contribution in [2.75, 3.05) is 0 Å². The van der Waals surface area contributed by atoms with Crippen molar-refractivity contribution < 1.29 is 39.1 Å². The zero-order chi connectivity index (χ0) is 14.6. The Morgan fingerprint density at radius 2 is 1.16 bits per heavy atom. The predicted octanol–water partition coefficient (Wildman–Crippen LogP) is 0.734. The molecule has 0 heterocycles. The van der Waals surface area contributed by atoms with Crippen molar-refractivity contribution in [1.29, 1.82) is 0 Å². The molecule has 0 atom stereocenters. The van der Waals surface area contributed by atoms with Gasteiger partial charge in [0.25, 0.3) is 0 Å². The van der Waals surface area contributed by atoms with Crippen LogP contribution in [0.4, 0.5) is 13.2 Å². The molecule has 0 saturated carbocycles. The summed E-state index contributed by atoms with van der Waals surface area (Å²) < 4.78 is 87.8. The van der Waals surface area contributed by atoms with Gasteiger partial charge < -0.3 is 0 Å². The second-order valence-electron chi connectivity index (χ2n) is 2.72. The molecule has 0 spiro atoms. The molecule has 0 unspecified atom stereocenters. The van der Waals surface area contributed by atoms with E-state index in [1.165, 1.54) is 12.1 Å². The van der Waals surface area contributed by atoms with Crippen LogP contribution in [0.3, 0.4) is 0 Å². The monoisotopic (exact) mass is 332 g/mol.